The smallest absolute Gasteiger partial charge is 0.405 e. The van der Waals surface area contributed by atoms with E-state index in [0.717, 1.165) is 0 Å². The Morgan fingerprint density at radius 1 is 1.70 bits per heavy atom. The normalized spacial score (nSPS) is 9.40. The van der Waals surface area contributed by atoms with E-state index in [4.69, 9.17) is 11.6 Å². The Labute approximate surface area is 62.6 Å². The summed E-state index contributed by atoms with van der Waals surface area (Å²) >= 11 is 5.39. The molecule has 0 aliphatic heterocycles. The van der Waals surface area contributed by atoms with Gasteiger partial charge >= 0.3 is 5.88 Å². The number of methoxy groups -OCH3 is 1. The van der Waals surface area contributed by atoms with Gasteiger partial charge in [0.25, 0.3) is 0 Å². The number of nitrogens with zero attached hydrogens (tertiary/aromatic N) is 2. The Bertz CT molecular complexity index is 241. The van der Waals surface area contributed by atoms with Gasteiger partial charge in [0.2, 0.25) is 0 Å². The van der Waals surface area contributed by atoms with Crippen molar-refractivity contribution in [3.63, 3.8) is 0 Å². The van der Waals surface area contributed by atoms with E-state index in [2.05, 4.69) is 9.84 Å². The molecule has 0 radical (unpaired) electrons. The maximum atomic E-state index is 10.7. The first-order valence-electron chi connectivity index (χ1n) is 2.54. The van der Waals surface area contributed by atoms with Crippen molar-refractivity contribution in [2.24, 2.45) is 0 Å². The van der Waals surface area contributed by atoms with E-state index >= 15 is 0 Å². The molecule has 54 valence electrons. The first-order valence-corrected chi connectivity index (χ1v) is 2.92. The SMILES string of the molecule is COc1ccc(Cl)n[n+]1[O-]. The van der Waals surface area contributed by atoms with Crippen LogP contribution in [0.15, 0.2) is 12.1 Å². The van der Waals surface area contributed by atoms with Crippen LogP contribution in [0.5, 0.6) is 5.88 Å². The molecule has 1 aromatic rings. The third-order valence-corrected chi connectivity index (χ3v) is 1.15. The van der Waals surface area contributed by atoms with Gasteiger partial charge in [-0.3, -0.25) is 0 Å². The third-order valence-electron chi connectivity index (χ3n) is 0.947. The van der Waals surface area contributed by atoms with Crippen molar-refractivity contribution in [3.05, 3.63) is 22.5 Å². The van der Waals surface area contributed by atoms with Crippen LogP contribution in [-0.4, -0.2) is 12.2 Å². The maximum absolute atomic E-state index is 10.7. The van der Waals surface area contributed by atoms with Crippen molar-refractivity contribution in [2.45, 2.75) is 0 Å². The molecule has 0 bridgehead atoms. The Morgan fingerprint density at radius 2 is 2.40 bits per heavy atom. The minimum Gasteiger partial charge on any atom is -0.591 e. The molecule has 0 fully saturated rings. The van der Waals surface area contributed by atoms with Crippen LogP contribution in [0.2, 0.25) is 5.15 Å². The standard InChI is InChI=1S/C5H5ClN2O2/c1-10-5-3-2-4(6)7-8(5)9/h2-3H,1H3. The molecule has 0 amide bonds. The van der Waals surface area contributed by atoms with Crippen molar-refractivity contribution in [1.82, 2.24) is 5.10 Å². The fourth-order valence-electron chi connectivity index (χ4n) is 0.519. The van der Waals surface area contributed by atoms with Crippen LogP contribution in [0.1, 0.15) is 0 Å². The van der Waals surface area contributed by atoms with Crippen molar-refractivity contribution < 1.29 is 9.58 Å². The van der Waals surface area contributed by atoms with Crippen LogP contribution in [0, 0.1) is 5.21 Å². The highest BCUT2D eigenvalue weighted by molar-refractivity contribution is 6.29. The molecule has 0 saturated carbocycles. The van der Waals surface area contributed by atoms with Crippen molar-refractivity contribution in [2.75, 3.05) is 7.11 Å². The predicted octanol–water partition coefficient (Wildman–Crippen LogP) is 0.377. The summed E-state index contributed by atoms with van der Waals surface area (Å²) in [6.45, 7) is 0. The Morgan fingerprint density at radius 3 is 2.90 bits per heavy atom. The van der Waals surface area contributed by atoms with Gasteiger partial charge in [-0.25, -0.2) is 0 Å². The van der Waals surface area contributed by atoms with Crippen molar-refractivity contribution in [3.8, 4) is 5.88 Å². The van der Waals surface area contributed by atoms with E-state index in [9.17, 15) is 5.21 Å². The fraction of sp³-hybridized carbons (Fsp3) is 0.200. The average Bonchev–Trinajstić information content (AvgIpc) is 1.88. The van der Waals surface area contributed by atoms with Crippen LogP contribution in [0.4, 0.5) is 0 Å². The molecular formula is C5H5ClN2O2. The summed E-state index contributed by atoms with van der Waals surface area (Å²) in [6.07, 6.45) is 0. The maximum Gasteiger partial charge on any atom is 0.405 e. The zero-order valence-corrected chi connectivity index (χ0v) is 6.00. The highest BCUT2D eigenvalue weighted by Gasteiger charge is 2.05. The van der Waals surface area contributed by atoms with Gasteiger partial charge in [0.1, 0.15) is 0 Å². The van der Waals surface area contributed by atoms with Crippen LogP contribution < -0.4 is 9.58 Å². The van der Waals surface area contributed by atoms with Gasteiger partial charge in [-0.05, 0) is 10.9 Å². The molecule has 1 aromatic heterocycles. The van der Waals surface area contributed by atoms with E-state index in [1.165, 1.54) is 19.2 Å². The van der Waals surface area contributed by atoms with E-state index < -0.39 is 0 Å². The lowest BCUT2D eigenvalue weighted by Crippen LogP contribution is -2.32. The minimum absolute atomic E-state index is 0.129. The average molecular weight is 161 g/mol. The van der Waals surface area contributed by atoms with E-state index in [1.54, 1.807) is 0 Å². The molecule has 10 heavy (non-hydrogen) atoms. The number of rotatable bonds is 1. The van der Waals surface area contributed by atoms with Crippen molar-refractivity contribution in [1.29, 1.82) is 0 Å². The highest BCUT2D eigenvalue weighted by atomic mass is 35.5. The molecule has 0 aliphatic rings. The molecule has 0 aliphatic carbocycles. The largest absolute Gasteiger partial charge is 0.591 e. The predicted molar refractivity (Wildman–Crippen MR) is 34.8 cm³/mol. The summed E-state index contributed by atoms with van der Waals surface area (Å²) in [7, 11) is 1.39. The summed E-state index contributed by atoms with van der Waals surface area (Å²) in [5.74, 6) is 0.129. The molecule has 5 heteroatoms. The second-order valence-corrected chi connectivity index (χ2v) is 1.96. The molecule has 1 heterocycles. The molecule has 0 spiro atoms. The molecule has 1 rings (SSSR count). The van der Waals surface area contributed by atoms with E-state index in [-0.39, 0.29) is 11.0 Å². The zero-order valence-electron chi connectivity index (χ0n) is 5.24. The van der Waals surface area contributed by atoms with Crippen LogP contribution in [-0.2, 0) is 0 Å². The molecular weight excluding hydrogens is 156 g/mol. The molecule has 0 N–H and O–H groups in total. The first kappa shape index (κ1) is 7.08. The van der Waals surface area contributed by atoms with Gasteiger partial charge in [-0.1, -0.05) is 11.6 Å². The molecule has 0 atom stereocenters. The van der Waals surface area contributed by atoms with Crippen LogP contribution >= 0.6 is 11.6 Å². The number of hydrogen-bond donors (Lipinski definition) is 0. The van der Waals surface area contributed by atoms with Crippen molar-refractivity contribution >= 4 is 11.6 Å². The summed E-state index contributed by atoms with van der Waals surface area (Å²) in [6, 6.07) is 2.93. The monoisotopic (exact) mass is 160 g/mol. The van der Waals surface area contributed by atoms with Crippen LogP contribution in [0.25, 0.3) is 0 Å². The quantitative estimate of drug-likeness (QED) is 0.441. The number of ether oxygens (including phenoxy) is 1. The second-order valence-electron chi connectivity index (χ2n) is 1.57. The van der Waals surface area contributed by atoms with Gasteiger partial charge in [0.05, 0.1) is 13.2 Å². The lowest BCUT2D eigenvalue weighted by atomic mass is 10.6. The van der Waals surface area contributed by atoms with Gasteiger partial charge in [0.15, 0.2) is 5.15 Å². The molecule has 0 saturated heterocycles. The fourth-order valence-corrected chi connectivity index (χ4v) is 0.651. The second kappa shape index (κ2) is 2.70. The summed E-state index contributed by atoms with van der Waals surface area (Å²) in [5, 5.41) is 14.2. The topological polar surface area (TPSA) is 49.1 Å². The Kier molecular flexibility index (Phi) is 1.91. The zero-order chi connectivity index (χ0) is 7.56. The summed E-state index contributed by atoms with van der Waals surface area (Å²) < 4.78 is 4.63. The van der Waals surface area contributed by atoms with E-state index in [1.807, 2.05) is 0 Å². The third kappa shape index (κ3) is 1.27. The van der Waals surface area contributed by atoms with Crippen LogP contribution in [0.3, 0.4) is 0 Å². The Hall–Kier alpha value is -1.03. The number of hydrogen-bond acceptors (Lipinski definition) is 3. The lowest BCUT2D eigenvalue weighted by molar-refractivity contribution is -0.674. The van der Waals surface area contributed by atoms with E-state index in [0.29, 0.717) is 4.85 Å². The molecule has 0 unspecified atom stereocenters. The van der Waals surface area contributed by atoms with Gasteiger partial charge in [0, 0.05) is 5.10 Å². The summed E-state index contributed by atoms with van der Waals surface area (Å²) in [5.41, 5.74) is 0. The van der Waals surface area contributed by atoms with Gasteiger partial charge in [-0.2, -0.15) is 0 Å². The highest BCUT2D eigenvalue weighted by Crippen LogP contribution is 2.04. The summed E-state index contributed by atoms with van der Waals surface area (Å²) in [4.78, 5) is 0.322. The molecule has 0 aromatic carbocycles. The number of aromatic nitrogens is 2. The lowest BCUT2D eigenvalue weighted by Gasteiger charge is -1.97. The molecule has 4 nitrogen and oxygen atoms in total. The van der Waals surface area contributed by atoms with Gasteiger partial charge < -0.3 is 9.94 Å². The first-order chi connectivity index (χ1) is 4.74. The Balaban J connectivity index is 3.07. The van der Waals surface area contributed by atoms with Gasteiger partial charge in [-0.15, -0.1) is 0 Å². The minimum atomic E-state index is 0.129. The number of halogens is 1.